The Morgan fingerprint density at radius 1 is 1.43 bits per heavy atom. The van der Waals surface area contributed by atoms with Crippen LogP contribution in [0.3, 0.4) is 0 Å². The molecule has 39 valence electrons. The molecule has 0 atom stereocenters. The minimum atomic E-state index is 0.238. The van der Waals surface area contributed by atoms with E-state index in [0.29, 0.717) is 6.42 Å². The van der Waals surface area contributed by atoms with Crippen LogP contribution in [-0.2, 0) is 0 Å². The van der Waals surface area contributed by atoms with Crippen molar-refractivity contribution in [2.24, 2.45) is 0 Å². The highest BCUT2D eigenvalue weighted by Crippen LogP contribution is 1.89. The van der Waals surface area contributed by atoms with Crippen molar-refractivity contribution in [3.05, 3.63) is 6.42 Å². The van der Waals surface area contributed by atoms with Crippen LogP contribution in [0, 0.1) is 12.3 Å². The van der Waals surface area contributed by atoms with E-state index < -0.39 is 0 Å². The largest absolute Gasteiger partial charge is 0.396 e. The van der Waals surface area contributed by atoms with E-state index in [9.17, 15) is 0 Å². The van der Waals surface area contributed by atoms with Gasteiger partial charge in [0.05, 0.1) is 0 Å². The monoisotopic (exact) mass is 97.1 g/mol. The Kier molecular flexibility index (Phi) is 5.14. The molecule has 7 heavy (non-hydrogen) atoms. The predicted octanol–water partition coefficient (Wildman–Crippen LogP) is 0.739. The molecule has 0 aromatic carbocycles. The van der Waals surface area contributed by atoms with E-state index in [1.165, 1.54) is 0 Å². The quantitative estimate of drug-likeness (QED) is 0.407. The first kappa shape index (κ1) is 6.52. The Hall–Kier alpha value is -0.480. The minimum Gasteiger partial charge on any atom is -0.396 e. The van der Waals surface area contributed by atoms with E-state index in [0.717, 1.165) is 12.8 Å². The lowest BCUT2D eigenvalue weighted by Gasteiger charge is -1.85. The second kappa shape index (κ2) is 5.52. The topological polar surface area (TPSA) is 20.2 Å². The third kappa shape index (κ3) is 5.52. The molecule has 1 radical (unpaired) electrons. The summed E-state index contributed by atoms with van der Waals surface area (Å²) in [5, 5.41) is 8.20. The number of unbranched alkanes of at least 4 members (excludes halogenated alkanes) is 2. The molecule has 0 rings (SSSR count). The summed E-state index contributed by atoms with van der Waals surface area (Å²) >= 11 is 0. The fourth-order valence-electron chi connectivity index (χ4n) is 0.325. The zero-order chi connectivity index (χ0) is 5.54. The van der Waals surface area contributed by atoms with Gasteiger partial charge in [0.1, 0.15) is 0 Å². The van der Waals surface area contributed by atoms with Gasteiger partial charge < -0.3 is 5.11 Å². The Morgan fingerprint density at radius 3 is 2.57 bits per heavy atom. The number of rotatable bonds is 3. The first-order valence-electron chi connectivity index (χ1n) is 2.42. The van der Waals surface area contributed by atoms with Crippen LogP contribution in [0.2, 0.25) is 0 Å². The zero-order valence-corrected chi connectivity index (χ0v) is 4.28. The van der Waals surface area contributed by atoms with Gasteiger partial charge in [-0.15, -0.1) is 0 Å². The van der Waals surface area contributed by atoms with Crippen LogP contribution in [0.15, 0.2) is 0 Å². The molecule has 0 amide bonds. The van der Waals surface area contributed by atoms with E-state index in [-0.39, 0.29) is 6.61 Å². The fourth-order valence-corrected chi connectivity index (χ4v) is 0.325. The summed E-state index contributed by atoms with van der Waals surface area (Å²) in [6.45, 7) is 0.238. The summed E-state index contributed by atoms with van der Waals surface area (Å²) in [6.07, 6.45) is 8.82. The zero-order valence-electron chi connectivity index (χ0n) is 4.28. The Labute approximate surface area is 44.4 Å². The molecule has 0 fully saturated rings. The lowest BCUT2D eigenvalue weighted by atomic mass is 10.2. The van der Waals surface area contributed by atoms with Gasteiger partial charge in [-0.25, -0.2) is 0 Å². The molecule has 0 saturated heterocycles. The van der Waals surface area contributed by atoms with Crippen LogP contribution < -0.4 is 0 Å². The Balaban J connectivity index is 2.60. The van der Waals surface area contributed by atoms with E-state index >= 15 is 0 Å². The predicted molar refractivity (Wildman–Crippen MR) is 28.1 cm³/mol. The van der Waals surface area contributed by atoms with Crippen molar-refractivity contribution in [3.63, 3.8) is 0 Å². The van der Waals surface area contributed by atoms with Crippen molar-refractivity contribution in [3.8, 4) is 5.92 Å². The van der Waals surface area contributed by atoms with E-state index in [2.05, 4.69) is 5.92 Å². The molecule has 1 heteroatoms. The van der Waals surface area contributed by atoms with Gasteiger partial charge in [-0.3, -0.25) is 0 Å². The lowest BCUT2D eigenvalue weighted by Crippen LogP contribution is -1.79. The highest BCUT2D eigenvalue weighted by Gasteiger charge is 1.78. The first-order valence-corrected chi connectivity index (χ1v) is 2.42. The molecule has 0 saturated carbocycles. The van der Waals surface area contributed by atoms with Crippen LogP contribution in [0.5, 0.6) is 0 Å². The van der Waals surface area contributed by atoms with Gasteiger partial charge in [0.25, 0.3) is 0 Å². The van der Waals surface area contributed by atoms with Gasteiger partial charge in [0.15, 0.2) is 0 Å². The van der Waals surface area contributed by atoms with Crippen LogP contribution in [0.4, 0.5) is 0 Å². The van der Waals surface area contributed by atoms with Gasteiger partial charge in [0.2, 0.25) is 0 Å². The SMILES string of the molecule is [C]#CCCCCO. The fraction of sp³-hybridized carbons (Fsp3) is 0.667. The number of hydrogen-bond acceptors (Lipinski definition) is 1. The summed E-state index contributed by atoms with van der Waals surface area (Å²) in [5.41, 5.74) is 0. The van der Waals surface area contributed by atoms with Gasteiger partial charge in [-0.2, -0.15) is 0 Å². The third-order valence-corrected chi connectivity index (χ3v) is 0.710. The molecule has 0 aliphatic heterocycles. The maximum Gasteiger partial charge on any atom is 0.0431 e. The van der Waals surface area contributed by atoms with Crippen molar-refractivity contribution < 1.29 is 5.11 Å². The van der Waals surface area contributed by atoms with Crippen molar-refractivity contribution >= 4 is 0 Å². The van der Waals surface area contributed by atoms with Crippen molar-refractivity contribution in [1.82, 2.24) is 0 Å². The number of aliphatic hydroxyl groups excluding tert-OH is 1. The average molecular weight is 97.1 g/mol. The van der Waals surface area contributed by atoms with E-state index in [1.54, 1.807) is 0 Å². The molecule has 0 aliphatic rings. The summed E-state index contributed by atoms with van der Waals surface area (Å²) in [4.78, 5) is 0. The molecule has 0 aliphatic carbocycles. The van der Waals surface area contributed by atoms with Gasteiger partial charge >= 0.3 is 0 Å². The maximum absolute atomic E-state index is 8.20. The molecule has 0 aromatic rings. The molecule has 0 bridgehead atoms. The number of hydrogen-bond donors (Lipinski definition) is 1. The smallest absolute Gasteiger partial charge is 0.0431 e. The molecule has 0 unspecified atom stereocenters. The molecular weight excluding hydrogens is 88.1 g/mol. The summed E-state index contributed by atoms with van der Waals surface area (Å²) < 4.78 is 0. The van der Waals surface area contributed by atoms with Gasteiger partial charge in [-0.05, 0) is 19.3 Å². The average Bonchev–Trinajstić information content (AvgIpc) is 1.69. The highest BCUT2D eigenvalue weighted by atomic mass is 16.2. The molecule has 1 N–H and O–H groups in total. The summed E-state index contributed by atoms with van der Waals surface area (Å²) in [5.74, 6) is 2.24. The Morgan fingerprint density at radius 2 is 2.14 bits per heavy atom. The van der Waals surface area contributed by atoms with Crippen LogP contribution >= 0.6 is 0 Å². The summed E-state index contributed by atoms with van der Waals surface area (Å²) in [7, 11) is 0. The standard InChI is InChI=1S/C6H9O/c1-2-3-4-5-6-7/h7H,3-6H2. The van der Waals surface area contributed by atoms with Crippen molar-refractivity contribution in [2.45, 2.75) is 19.3 Å². The summed E-state index contributed by atoms with van der Waals surface area (Å²) in [6, 6.07) is 0. The van der Waals surface area contributed by atoms with E-state index in [1.807, 2.05) is 0 Å². The molecular formula is C6H9O. The second-order valence-electron chi connectivity index (χ2n) is 1.36. The molecule has 0 spiro atoms. The minimum absolute atomic E-state index is 0.238. The van der Waals surface area contributed by atoms with Crippen molar-refractivity contribution in [1.29, 1.82) is 0 Å². The second-order valence-corrected chi connectivity index (χ2v) is 1.36. The molecule has 0 aromatic heterocycles. The molecule has 0 heterocycles. The van der Waals surface area contributed by atoms with Crippen LogP contribution in [0.1, 0.15) is 19.3 Å². The normalized spacial score (nSPS) is 8.00. The third-order valence-electron chi connectivity index (χ3n) is 0.710. The van der Waals surface area contributed by atoms with E-state index in [4.69, 9.17) is 11.5 Å². The van der Waals surface area contributed by atoms with Gasteiger partial charge in [-0.1, -0.05) is 5.92 Å². The maximum atomic E-state index is 8.20. The lowest BCUT2D eigenvalue weighted by molar-refractivity contribution is 0.285. The van der Waals surface area contributed by atoms with Crippen LogP contribution in [-0.4, -0.2) is 11.7 Å². The van der Waals surface area contributed by atoms with Gasteiger partial charge in [0, 0.05) is 13.0 Å². The number of aliphatic hydroxyl groups is 1. The van der Waals surface area contributed by atoms with Crippen LogP contribution in [0.25, 0.3) is 0 Å². The Bertz CT molecular complexity index is 61.1. The highest BCUT2D eigenvalue weighted by molar-refractivity contribution is 4.73. The molecule has 1 nitrogen and oxygen atoms in total. The first-order chi connectivity index (χ1) is 3.41. The van der Waals surface area contributed by atoms with Crippen molar-refractivity contribution in [2.75, 3.05) is 6.61 Å².